The smallest absolute Gasteiger partial charge is 0.0127 e. The third-order valence-corrected chi connectivity index (χ3v) is 5.71. The Hall–Kier alpha value is -0.0800. The van der Waals surface area contributed by atoms with Gasteiger partial charge in [0, 0.05) is 6.04 Å². The van der Waals surface area contributed by atoms with E-state index >= 15 is 0 Å². The van der Waals surface area contributed by atoms with E-state index in [9.17, 15) is 0 Å². The summed E-state index contributed by atoms with van der Waals surface area (Å²) in [6.45, 7) is 0.881. The van der Waals surface area contributed by atoms with E-state index in [4.69, 9.17) is 11.5 Å². The molecule has 0 heterocycles. The van der Waals surface area contributed by atoms with Crippen molar-refractivity contribution < 1.29 is 0 Å². The van der Waals surface area contributed by atoms with E-state index in [0.717, 1.165) is 24.3 Å². The first-order chi connectivity index (χ1) is 7.26. The van der Waals surface area contributed by atoms with Gasteiger partial charge in [0.1, 0.15) is 0 Å². The maximum Gasteiger partial charge on any atom is 0.0127 e. The zero-order valence-corrected chi connectivity index (χ0v) is 9.62. The van der Waals surface area contributed by atoms with Crippen LogP contribution in [0, 0.1) is 23.2 Å². The minimum absolute atomic E-state index is 0.505. The quantitative estimate of drug-likeness (QED) is 0.691. The Kier molecular flexibility index (Phi) is 2.33. The van der Waals surface area contributed by atoms with Crippen molar-refractivity contribution >= 4 is 0 Å². The van der Waals surface area contributed by atoms with Crippen LogP contribution in [0.15, 0.2) is 0 Å². The molecule has 2 bridgehead atoms. The van der Waals surface area contributed by atoms with E-state index in [1.165, 1.54) is 44.9 Å². The number of nitrogens with two attached hydrogens (primary N) is 2. The minimum Gasteiger partial charge on any atom is -0.330 e. The fourth-order valence-corrected chi connectivity index (χ4v) is 4.94. The fraction of sp³-hybridized carbons (Fsp3) is 1.00. The summed E-state index contributed by atoms with van der Waals surface area (Å²) in [7, 11) is 0. The fourth-order valence-electron chi connectivity index (χ4n) is 4.94. The van der Waals surface area contributed by atoms with Crippen molar-refractivity contribution in [3.05, 3.63) is 0 Å². The predicted molar refractivity (Wildman–Crippen MR) is 62.3 cm³/mol. The molecule has 3 aliphatic carbocycles. The Morgan fingerprint density at radius 2 is 2.07 bits per heavy atom. The van der Waals surface area contributed by atoms with Crippen molar-refractivity contribution in [2.75, 3.05) is 6.54 Å². The third kappa shape index (κ3) is 1.31. The molecule has 3 fully saturated rings. The van der Waals surface area contributed by atoms with Crippen LogP contribution in [0.4, 0.5) is 0 Å². The first kappa shape index (κ1) is 10.1. The third-order valence-electron chi connectivity index (χ3n) is 5.71. The molecular weight excluding hydrogens is 184 g/mol. The Bertz CT molecular complexity index is 249. The number of hydrogen-bond donors (Lipinski definition) is 2. The van der Waals surface area contributed by atoms with Gasteiger partial charge in [0.2, 0.25) is 0 Å². The van der Waals surface area contributed by atoms with Gasteiger partial charge in [0.05, 0.1) is 0 Å². The van der Waals surface area contributed by atoms with Gasteiger partial charge in [0.15, 0.2) is 0 Å². The molecule has 0 aromatic rings. The Labute approximate surface area is 92.8 Å². The van der Waals surface area contributed by atoms with Crippen LogP contribution in [0.5, 0.6) is 0 Å². The lowest BCUT2D eigenvalue weighted by atomic mass is 9.59. The van der Waals surface area contributed by atoms with Crippen molar-refractivity contribution in [1.29, 1.82) is 0 Å². The minimum atomic E-state index is 0.505. The zero-order chi connectivity index (χ0) is 10.5. The lowest BCUT2D eigenvalue weighted by Crippen LogP contribution is -2.49. The Morgan fingerprint density at radius 1 is 1.20 bits per heavy atom. The SMILES string of the molecule is NC[C@H]1CCC[C@@]2(C1)C1CCC(C1)C2N. The molecule has 0 saturated heterocycles. The van der Waals surface area contributed by atoms with Crippen LogP contribution in [0.3, 0.4) is 0 Å². The van der Waals surface area contributed by atoms with Gasteiger partial charge in [-0.25, -0.2) is 0 Å². The molecule has 2 nitrogen and oxygen atoms in total. The maximum atomic E-state index is 6.51. The summed E-state index contributed by atoms with van der Waals surface area (Å²) < 4.78 is 0. The Morgan fingerprint density at radius 3 is 2.73 bits per heavy atom. The van der Waals surface area contributed by atoms with E-state index in [-0.39, 0.29) is 0 Å². The molecule has 4 N–H and O–H groups in total. The topological polar surface area (TPSA) is 52.0 Å². The average molecular weight is 208 g/mol. The van der Waals surface area contributed by atoms with Crippen LogP contribution in [0.1, 0.15) is 44.9 Å². The highest BCUT2D eigenvalue weighted by molar-refractivity contribution is 5.10. The first-order valence-electron chi connectivity index (χ1n) is 6.72. The second-order valence-electron chi connectivity index (χ2n) is 6.23. The van der Waals surface area contributed by atoms with E-state index in [1.54, 1.807) is 0 Å². The van der Waals surface area contributed by atoms with Crippen molar-refractivity contribution in [3.8, 4) is 0 Å². The largest absolute Gasteiger partial charge is 0.330 e. The average Bonchev–Trinajstić information content (AvgIpc) is 2.84. The molecule has 0 amide bonds. The van der Waals surface area contributed by atoms with Crippen molar-refractivity contribution in [2.24, 2.45) is 34.6 Å². The normalized spacial score (nSPS) is 54.0. The van der Waals surface area contributed by atoms with Gasteiger partial charge < -0.3 is 11.5 Å². The number of hydrogen-bond acceptors (Lipinski definition) is 2. The van der Waals surface area contributed by atoms with Crippen LogP contribution in [-0.4, -0.2) is 12.6 Å². The standard InChI is InChI=1S/C13H24N2/c14-8-9-2-1-5-13(7-9)11-4-3-10(6-11)12(13)15/h9-12H,1-8,14-15H2/t9-,10?,11?,12?,13+/m0/s1. The van der Waals surface area contributed by atoms with Gasteiger partial charge in [0.25, 0.3) is 0 Å². The summed E-state index contributed by atoms with van der Waals surface area (Å²) >= 11 is 0. The second-order valence-corrected chi connectivity index (χ2v) is 6.23. The molecule has 15 heavy (non-hydrogen) atoms. The van der Waals surface area contributed by atoms with Gasteiger partial charge in [-0.1, -0.05) is 6.42 Å². The molecule has 0 aromatic carbocycles. The predicted octanol–water partition coefficient (Wildman–Crippen LogP) is 1.88. The van der Waals surface area contributed by atoms with Crippen LogP contribution in [0.25, 0.3) is 0 Å². The zero-order valence-electron chi connectivity index (χ0n) is 9.62. The molecule has 3 unspecified atom stereocenters. The molecule has 3 rings (SSSR count). The maximum absolute atomic E-state index is 6.51. The van der Waals surface area contributed by atoms with Crippen LogP contribution in [-0.2, 0) is 0 Å². The van der Waals surface area contributed by atoms with Crippen LogP contribution >= 0.6 is 0 Å². The van der Waals surface area contributed by atoms with E-state index < -0.39 is 0 Å². The van der Waals surface area contributed by atoms with Gasteiger partial charge in [-0.3, -0.25) is 0 Å². The molecule has 3 aliphatic rings. The molecule has 0 radical (unpaired) electrons. The summed E-state index contributed by atoms with van der Waals surface area (Å²) in [5.74, 6) is 2.57. The summed E-state index contributed by atoms with van der Waals surface area (Å²) in [5.41, 5.74) is 12.9. The molecular formula is C13H24N2. The number of rotatable bonds is 1. The van der Waals surface area contributed by atoms with Gasteiger partial charge in [-0.15, -0.1) is 0 Å². The van der Waals surface area contributed by atoms with Gasteiger partial charge >= 0.3 is 0 Å². The molecule has 2 heteroatoms. The van der Waals surface area contributed by atoms with Gasteiger partial charge in [-0.2, -0.15) is 0 Å². The molecule has 1 spiro atoms. The van der Waals surface area contributed by atoms with E-state index in [0.29, 0.717) is 11.5 Å². The monoisotopic (exact) mass is 208 g/mol. The van der Waals surface area contributed by atoms with E-state index in [1.807, 2.05) is 0 Å². The lowest BCUT2D eigenvalue weighted by molar-refractivity contribution is 0.0505. The van der Waals surface area contributed by atoms with Crippen molar-refractivity contribution in [2.45, 2.75) is 51.0 Å². The second kappa shape index (κ2) is 3.46. The van der Waals surface area contributed by atoms with E-state index in [2.05, 4.69) is 0 Å². The van der Waals surface area contributed by atoms with Crippen LogP contribution < -0.4 is 11.5 Å². The first-order valence-corrected chi connectivity index (χ1v) is 6.72. The number of fused-ring (bicyclic) bond motifs is 3. The summed E-state index contributed by atoms with van der Waals surface area (Å²) in [6, 6.07) is 0.505. The highest BCUT2D eigenvalue weighted by atomic mass is 14.8. The molecule has 0 aliphatic heterocycles. The highest BCUT2D eigenvalue weighted by Crippen LogP contribution is 2.61. The molecule has 3 saturated carbocycles. The summed E-state index contributed by atoms with van der Waals surface area (Å²) in [6.07, 6.45) is 9.74. The lowest BCUT2D eigenvalue weighted by Gasteiger charge is -2.47. The summed E-state index contributed by atoms with van der Waals surface area (Å²) in [4.78, 5) is 0. The molecule has 0 aromatic heterocycles. The van der Waals surface area contributed by atoms with Gasteiger partial charge in [-0.05, 0) is 68.2 Å². The Balaban J connectivity index is 1.83. The van der Waals surface area contributed by atoms with Crippen molar-refractivity contribution in [1.82, 2.24) is 0 Å². The highest BCUT2D eigenvalue weighted by Gasteiger charge is 2.57. The van der Waals surface area contributed by atoms with Crippen molar-refractivity contribution in [3.63, 3.8) is 0 Å². The van der Waals surface area contributed by atoms with Crippen LogP contribution in [0.2, 0.25) is 0 Å². The molecule has 86 valence electrons. The molecule has 5 atom stereocenters. The summed E-state index contributed by atoms with van der Waals surface area (Å²) in [5, 5.41) is 0.